The maximum absolute atomic E-state index is 5.74. The van der Waals surface area contributed by atoms with Gasteiger partial charge in [0.05, 0.1) is 13.7 Å². The number of nitrogens with one attached hydrogen (secondary N) is 1. The molecule has 0 saturated heterocycles. The first-order chi connectivity index (χ1) is 10.7. The smallest absolute Gasteiger partial charge is 0.165 e. The average molecular weight is 364 g/mol. The van der Waals surface area contributed by atoms with Crippen LogP contribution >= 0.6 is 15.9 Å². The summed E-state index contributed by atoms with van der Waals surface area (Å²) in [4.78, 5) is 0. The van der Waals surface area contributed by atoms with E-state index in [1.807, 2.05) is 19.1 Å². The maximum atomic E-state index is 5.74. The first-order valence-corrected chi connectivity index (χ1v) is 8.27. The summed E-state index contributed by atoms with van der Waals surface area (Å²) in [6, 6.07) is 14.5. The third-order valence-electron chi connectivity index (χ3n) is 3.35. The third kappa shape index (κ3) is 4.75. The van der Waals surface area contributed by atoms with Gasteiger partial charge >= 0.3 is 0 Å². The molecular weight excluding hydrogens is 342 g/mol. The van der Waals surface area contributed by atoms with Crippen molar-refractivity contribution in [2.75, 3.05) is 20.3 Å². The first kappa shape index (κ1) is 16.8. The van der Waals surface area contributed by atoms with E-state index in [9.17, 15) is 0 Å². The zero-order valence-corrected chi connectivity index (χ0v) is 14.7. The van der Waals surface area contributed by atoms with Crippen molar-refractivity contribution in [3.63, 3.8) is 0 Å². The summed E-state index contributed by atoms with van der Waals surface area (Å²) in [6.07, 6.45) is 1.01. The molecule has 0 radical (unpaired) electrons. The lowest BCUT2D eigenvalue weighted by Gasteiger charge is -2.15. The van der Waals surface area contributed by atoms with E-state index in [4.69, 9.17) is 9.47 Å². The van der Waals surface area contributed by atoms with Crippen LogP contribution in [0, 0.1) is 0 Å². The number of halogens is 1. The SMILES string of the molecule is CCOc1c(CNCCc2ccccc2)cc(Br)cc1OC. The number of methoxy groups -OCH3 is 1. The minimum atomic E-state index is 0.620. The third-order valence-corrected chi connectivity index (χ3v) is 3.81. The average Bonchev–Trinajstić information content (AvgIpc) is 2.54. The van der Waals surface area contributed by atoms with Gasteiger partial charge in [-0.1, -0.05) is 46.3 Å². The highest BCUT2D eigenvalue weighted by atomic mass is 79.9. The van der Waals surface area contributed by atoms with E-state index in [2.05, 4.69) is 51.6 Å². The van der Waals surface area contributed by atoms with Crippen LogP contribution < -0.4 is 14.8 Å². The monoisotopic (exact) mass is 363 g/mol. The van der Waals surface area contributed by atoms with Crippen molar-refractivity contribution >= 4 is 15.9 Å². The fraction of sp³-hybridized carbons (Fsp3) is 0.333. The summed E-state index contributed by atoms with van der Waals surface area (Å²) < 4.78 is 12.1. The van der Waals surface area contributed by atoms with Crippen LogP contribution in [0.2, 0.25) is 0 Å². The number of ether oxygens (including phenoxy) is 2. The molecule has 2 rings (SSSR count). The Balaban J connectivity index is 1.98. The van der Waals surface area contributed by atoms with E-state index < -0.39 is 0 Å². The molecule has 0 aromatic heterocycles. The van der Waals surface area contributed by atoms with Gasteiger partial charge in [-0.15, -0.1) is 0 Å². The van der Waals surface area contributed by atoms with Gasteiger partial charge in [-0.05, 0) is 37.6 Å². The molecule has 2 aromatic rings. The van der Waals surface area contributed by atoms with Crippen molar-refractivity contribution in [3.8, 4) is 11.5 Å². The van der Waals surface area contributed by atoms with Crippen LogP contribution in [0.5, 0.6) is 11.5 Å². The van der Waals surface area contributed by atoms with E-state index in [1.165, 1.54) is 5.56 Å². The van der Waals surface area contributed by atoms with Crippen molar-refractivity contribution in [1.29, 1.82) is 0 Å². The molecule has 0 unspecified atom stereocenters. The van der Waals surface area contributed by atoms with E-state index in [-0.39, 0.29) is 0 Å². The Hall–Kier alpha value is -1.52. The lowest BCUT2D eigenvalue weighted by Crippen LogP contribution is -2.17. The van der Waals surface area contributed by atoms with Crippen molar-refractivity contribution < 1.29 is 9.47 Å². The molecule has 0 aliphatic rings. The maximum Gasteiger partial charge on any atom is 0.165 e. The van der Waals surface area contributed by atoms with Gasteiger partial charge in [-0.2, -0.15) is 0 Å². The van der Waals surface area contributed by atoms with Crippen molar-refractivity contribution in [1.82, 2.24) is 5.32 Å². The fourth-order valence-electron chi connectivity index (χ4n) is 2.31. The number of rotatable bonds is 8. The second kappa shape index (κ2) is 8.81. The second-order valence-electron chi connectivity index (χ2n) is 4.94. The molecule has 0 aliphatic heterocycles. The van der Waals surface area contributed by atoms with Crippen LogP contribution in [0.3, 0.4) is 0 Å². The molecule has 0 saturated carbocycles. The van der Waals surface area contributed by atoms with Crippen molar-refractivity contribution in [2.45, 2.75) is 19.9 Å². The van der Waals surface area contributed by atoms with E-state index in [0.29, 0.717) is 6.61 Å². The molecule has 4 heteroatoms. The summed E-state index contributed by atoms with van der Waals surface area (Å²) in [5, 5.41) is 3.47. The van der Waals surface area contributed by atoms with Gasteiger partial charge in [0, 0.05) is 16.6 Å². The summed E-state index contributed by atoms with van der Waals surface area (Å²) in [5.74, 6) is 1.58. The predicted molar refractivity (Wildman–Crippen MR) is 93.7 cm³/mol. The molecule has 3 nitrogen and oxygen atoms in total. The zero-order valence-electron chi connectivity index (χ0n) is 13.1. The molecular formula is C18H22BrNO2. The van der Waals surface area contributed by atoms with Crippen LogP contribution in [0.1, 0.15) is 18.1 Å². The van der Waals surface area contributed by atoms with Gasteiger partial charge in [0.25, 0.3) is 0 Å². The summed E-state index contributed by atoms with van der Waals surface area (Å²) in [7, 11) is 1.66. The minimum absolute atomic E-state index is 0.620. The zero-order chi connectivity index (χ0) is 15.8. The quantitative estimate of drug-likeness (QED) is 0.713. The second-order valence-corrected chi connectivity index (χ2v) is 5.86. The molecule has 0 spiro atoms. The highest BCUT2D eigenvalue weighted by molar-refractivity contribution is 9.10. The molecule has 22 heavy (non-hydrogen) atoms. The molecule has 0 heterocycles. The molecule has 0 fully saturated rings. The number of hydrogen-bond acceptors (Lipinski definition) is 3. The Kier molecular flexibility index (Phi) is 6.74. The van der Waals surface area contributed by atoms with Gasteiger partial charge < -0.3 is 14.8 Å². The van der Waals surface area contributed by atoms with Crippen LogP contribution in [0.4, 0.5) is 0 Å². The molecule has 118 valence electrons. The normalized spacial score (nSPS) is 10.5. The van der Waals surface area contributed by atoms with Crippen LogP contribution in [-0.2, 0) is 13.0 Å². The molecule has 0 amide bonds. The minimum Gasteiger partial charge on any atom is -0.493 e. The Labute approximate surface area is 140 Å². The molecule has 0 atom stereocenters. The topological polar surface area (TPSA) is 30.5 Å². The van der Waals surface area contributed by atoms with Gasteiger partial charge in [0.15, 0.2) is 11.5 Å². The van der Waals surface area contributed by atoms with Crippen LogP contribution in [-0.4, -0.2) is 20.3 Å². The first-order valence-electron chi connectivity index (χ1n) is 7.48. The van der Waals surface area contributed by atoms with E-state index in [0.717, 1.165) is 41.0 Å². The highest BCUT2D eigenvalue weighted by Crippen LogP contribution is 2.34. The molecule has 2 aromatic carbocycles. The predicted octanol–water partition coefficient (Wildman–Crippen LogP) is 4.19. The molecule has 0 bridgehead atoms. The van der Waals surface area contributed by atoms with Crippen molar-refractivity contribution in [3.05, 3.63) is 58.1 Å². The largest absolute Gasteiger partial charge is 0.493 e. The van der Waals surface area contributed by atoms with Gasteiger partial charge in [-0.3, -0.25) is 0 Å². The standard InChI is InChI=1S/C18H22BrNO2/c1-3-22-18-15(11-16(19)12-17(18)21-2)13-20-10-9-14-7-5-4-6-8-14/h4-8,11-12,20H,3,9-10,13H2,1-2H3. The van der Waals surface area contributed by atoms with Crippen molar-refractivity contribution in [2.24, 2.45) is 0 Å². The summed E-state index contributed by atoms with van der Waals surface area (Å²) >= 11 is 3.52. The van der Waals surface area contributed by atoms with E-state index in [1.54, 1.807) is 7.11 Å². The number of hydrogen-bond donors (Lipinski definition) is 1. The number of benzene rings is 2. The summed E-state index contributed by atoms with van der Waals surface area (Å²) in [5.41, 5.74) is 2.44. The molecule has 1 N–H and O–H groups in total. The van der Waals surface area contributed by atoms with Crippen LogP contribution in [0.15, 0.2) is 46.9 Å². The fourth-order valence-corrected chi connectivity index (χ4v) is 2.80. The van der Waals surface area contributed by atoms with Gasteiger partial charge in [0.1, 0.15) is 0 Å². The molecule has 0 aliphatic carbocycles. The van der Waals surface area contributed by atoms with E-state index >= 15 is 0 Å². The van der Waals surface area contributed by atoms with Crippen LogP contribution in [0.25, 0.3) is 0 Å². The Morgan fingerprint density at radius 3 is 2.59 bits per heavy atom. The highest BCUT2D eigenvalue weighted by Gasteiger charge is 2.12. The lowest BCUT2D eigenvalue weighted by atomic mass is 10.1. The Bertz CT molecular complexity index is 587. The lowest BCUT2D eigenvalue weighted by molar-refractivity contribution is 0.306. The Morgan fingerprint density at radius 1 is 1.14 bits per heavy atom. The summed E-state index contributed by atoms with van der Waals surface area (Å²) in [6.45, 7) is 4.27. The van der Waals surface area contributed by atoms with Gasteiger partial charge in [-0.25, -0.2) is 0 Å². The van der Waals surface area contributed by atoms with Gasteiger partial charge in [0.2, 0.25) is 0 Å². The Morgan fingerprint density at radius 2 is 1.91 bits per heavy atom.